The van der Waals surface area contributed by atoms with E-state index in [9.17, 15) is 9.59 Å². The third kappa shape index (κ3) is 3.85. The van der Waals surface area contributed by atoms with Gasteiger partial charge in [0.1, 0.15) is 0 Å². The number of piperidine rings is 1. The second kappa shape index (κ2) is 6.26. The van der Waals surface area contributed by atoms with Gasteiger partial charge in [0.2, 0.25) is 0 Å². The van der Waals surface area contributed by atoms with Gasteiger partial charge in [-0.15, -0.1) is 0 Å². The topological polar surface area (TPSA) is 60.9 Å². The first-order valence-electron chi connectivity index (χ1n) is 7.38. The lowest BCUT2D eigenvalue weighted by molar-refractivity contribution is -0.143. The molecular formula is C14H24N2O3. The van der Waals surface area contributed by atoms with Crippen molar-refractivity contribution >= 4 is 12.0 Å². The molecule has 0 spiro atoms. The van der Waals surface area contributed by atoms with Crippen molar-refractivity contribution in [1.29, 1.82) is 0 Å². The maximum Gasteiger partial charge on any atom is 0.320 e. The van der Waals surface area contributed by atoms with Crippen molar-refractivity contribution in [2.24, 2.45) is 11.8 Å². The first-order chi connectivity index (χ1) is 9.11. The Balaban J connectivity index is 1.92. The van der Waals surface area contributed by atoms with Crippen LogP contribution in [0.25, 0.3) is 0 Å². The number of urea groups is 1. The standard InChI is InChI=1S/C14H24N2O3/c1-2-7-15(9-11-5-6-11)14(19)16-8-3-4-12(10-16)13(17)18/h11-12H,2-10H2,1H3,(H,17,18)/t12-/m1/s1. The zero-order valence-electron chi connectivity index (χ0n) is 11.7. The highest BCUT2D eigenvalue weighted by Gasteiger charge is 2.32. The van der Waals surface area contributed by atoms with Crippen molar-refractivity contribution in [3.05, 3.63) is 0 Å². The van der Waals surface area contributed by atoms with Gasteiger partial charge in [-0.25, -0.2) is 4.79 Å². The summed E-state index contributed by atoms with van der Waals surface area (Å²) in [5.41, 5.74) is 0. The molecule has 19 heavy (non-hydrogen) atoms. The van der Waals surface area contributed by atoms with Crippen molar-refractivity contribution in [2.75, 3.05) is 26.2 Å². The summed E-state index contributed by atoms with van der Waals surface area (Å²) in [6.07, 6.45) is 4.90. The molecule has 0 aromatic carbocycles. The summed E-state index contributed by atoms with van der Waals surface area (Å²) in [4.78, 5) is 27.2. The van der Waals surface area contributed by atoms with E-state index < -0.39 is 5.97 Å². The summed E-state index contributed by atoms with van der Waals surface area (Å²) >= 11 is 0. The summed E-state index contributed by atoms with van der Waals surface area (Å²) < 4.78 is 0. The number of hydrogen-bond acceptors (Lipinski definition) is 2. The molecule has 5 nitrogen and oxygen atoms in total. The number of nitrogens with zero attached hydrogens (tertiary/aromatic N) is 2. The maximum atomic E-state index is 12.5. The van der Waals surface area contributed by atoms with Gasteiger partial charge in [0.05, 0.1) is 5.92 Å². The summed E-state index contributed by atoms with van der Waals surface area (Å²) in [5, 5.41) is 9.08. The van der Waals surface area contributed by atoms with E-state index >= 15 is 0 Å². The van der Waals surface area contributed by atoms with Crippen LogP contribution in [-0.4, -0.2) is 53.1 Å². The normalized spacial score (nSPS) is 23.2. The Hall–Kier alpha value is -1.26. The molecule has 0 unspecified atom stereocenters. The van der Waals surface area contributed by atoms with Gasteiger partial charge in [0, 0.05) is 26.2 Å². The third-order valence-electron chi connectivity index (χ3n) is 3.98. The molecule has 108 valence electrons. The molecule has 2 amide bonds. The molecule has 1 aliphatic carbocycles. The van der Waals surface area contributed by atoms with E-state index in [2.05, 4.69) is 6.92 Å². The van der Waals surface area contributed by atoms with Crippen LogP contribution in [0, 0.1) is 11.8 Å². The average Bonchev–Trinajstić information content (AvgIpc) is 3.21. The van der Waals surface area contributed by atoms with Crippen molar-refractivity contribution in [1.82, 2.24) is 9.80 Å². The average molecular weight is 268 g/mol. The molecular weight excluding hydrogens is 244 g/mol. The van der Waals surface area contributed by atoms with E-state index in [1.165, 1.54) is 12.8 Å². The molecule has 5 heteroatoms. The quantitative estimate of drug-likeness (QED) is 0.830. The lowest BCUT2D eigenvalue weighted by Crippen LogP contribution is -2.49. The Morgan fingerprint density at radius 2 is 2.05 bits per heavy atom. The van der Waals surface area contributed by atoms with Gasteiger partial charge < -0.3 is 14.9 Å². The third-order valence-corrected chi connectivity index (χ3v) is 3.98. The van der Waals surface area contributed by atoms with Crippen LogP contribution >= 0.6 is 0 Å². The van der Waals surface area contributed by atoms with Crippen LogP contribution in [0.5, 0.6) is 0 Å². The molecule has 0 aromatic heterocycles. The van der Waals surface area contributed by atoms with Crippen LogP contribution in [0.1, 0.15) is 39.0 Å². The Labute approximate surface area is 114 Å². The van der Waals surface area contributed by atoms with Crippen molar-refractivity contribution in [3.8, 4) is 0 Å². The molecule has 1 N–H and O–H groups in total. The largest absolute Gasteiger partial charge is 0.481 e. The number of carbonyl (C=O) groups is 2. The zero-order chi connectivity index (χ0) is 13.8. The van der Waals surface area contributed by atoms with Gasteiger partial charge in [-0.2, -0.15) is 0 Å². The Bertz CT molecular complexity index is 342. The molecule has 1 atom stereocenters. The molecule has 1 saturated carbocycles. The summed E-state index contributed by atoms with van der Waals surface area (Å²) in [7, 11) is 0. The van der Waals surface area contributed by atoms with Crippen LogP contribution in [0.4, 0.5) is 4.79 Å². The highest BCUT2D eigenvalue weighted by atomic mass is 16.4. The fourth-order valence-corrected chi connectivity index (χ4v) is 2.70. The lowest BCUT2D eigenvalue weighted by atomic mass is 9.98. The first kappa shape index (κ1) is 14.2. The van der Waals surface area contributed by atoms with Crippen LogP contribution in [0.15, 0.2) is 0 Å². The van der Waals surface area contributed by atoms with Gasteiger partial charge in [-0.3, -0.25) is 4.79 Å². The second-order valence-electron chi connectivity index (χ2n) is 5.80. The van der Waals surface area contributed by atoms with Gasteiger partial charge in [-0.05, 0) is 38.0 Å². The van der Waals surface area contributed by atoms with E-state index in [0.717, 1.165) is 25.9 Å². The summed E-state index contributed by atoms with van der Waals surface area (Å²) in [6, 6.07) is 0.0414. The fraction of sp³-hybridized carbons (Fsp3) is 0.857. The van der Waals surface area contributed by atoms with E-state index in [4.69, 9.17) is 5.11 Å². The minimum Gasteiger partial charge on any atom is -0.481 e. The molecule has 1 heterocycles. The zero-order valence-corrected chi connectivity index (χ0v) is 11.7. The van der Waals surface area contributed by atoms with E-state index in [-0.39, 0.29) is 11.9 Å². The number of aliphatic carboxylic acids is 1. The monoisotopic (exact) mass is 268 g/mol. The number of amides is 2. The van der Waals surface area contributed by atoms with Gasteiger partial charge >= 0.3 is 12.0 Å². The van der Waals surface area contributed by atoms with Crippen molar-refractivity contribution in [2.45, 2.75) is 39.0 Å². The summed E-state index contributed by atoms with van der Waals surface area (Å²) in [5.74, 6) is -0.487. The Morgan fingerprint density at radius 1 is 1.32 bits per heavy atom. The second-order valence-corrected chi connectivity index (χ2v) is 5.80. The molecule has 1 aliphatic heterocycles. The minimum atomic E-state index is -0.776. The number of carbonyl (C=O) groups excluding carboxylic acids is 1. The van der Waals surface area contributed by atoms with Crippen LogP contribution in [0.2, 0.25) is 0 Å². The number of likely N-dealkylation sites (tertiary alicyclic amines) is 1. The molecule has 0 aromatic rings. The highest BCUT2D eigenvalue weighted by molar-refractivity contribution is 5.76. The van der Waals surface area contributed by atoms with Gasteiger partial charge in [0.25, 0.3) is 0 Å². The predicted octanol–water partition coefficient (Wildman–Crippen LogP) is 2.03. The smallest absolute Gasteiger partial charge is 0.320 e. The van der Waals surface area contributed by atoms with Gasteiger partial charge in [-0.1, -0.05) is 6.92 Å². The van der Waals surface area contributed by atoms with E-state index in [1.54, 1.807) is 4.90 Å². The number of rotatable bonds is 5. The van der Waals surface area contributed by atoms with E-state index in [0.29, 0.717) is 25.4 Å². The highest BCUT2D eigenvalue weighted by Crippen LogP contribution is 2.30. The molecule has 2 fully saturated rings. The van der Waals surface area contributed by atoms with Gasteiger partial charge in [0.15, 0.2) is 0 Å². The van der Waals surface area contributed by atoms with Crippen molar-refractivity contribution in [3.63, 3.8) is 0 Å². The molecule has 0 radical (unpaired) electrons. The minimum absolute atomic E-state index is 0.0414. The Morgan fingerprint density at radius 3 is 2.63 bits per heavy atom. The molecule has 1 saturated heterocycles. The predicted molar refractivity (Wildman–Crippen MR) is 71.9 cm³/mol. The maximum absolute atomic E-state index is 12.5. The van der Waals surface area contributed by atoms with E-state index in [1.807, 2.05) is 4.90 Å². The van der Waals surface area contributed by atoms with Crippen LogP contribution in [-0.2, 0) is 4.79 Å². The van der Waals surface area contributed by atoms with Crippen molar-refractivity contribution < 1.29 is 14.7 Å². The number of carboxylic acid groups (broad SMARTS) is 1. The fourth-order valence-electron chi connectivity index (χ4n) is 2.70. The number of hydrogen-bond donors (Lipinski definition) is 1. The van der Waals surface area contributed by atoms with Crippen LogP contribution < -0.4 is 0 Å². The first-order valence-corrected chi connectivity index (χ1v) is 7.38. The molecule has 0 bridgehead atoms. The lowest BCUT2D eigenvalue weighted by Gasteiger charge is -2.35. The molecule has 2 rings (SSSR count). The number of carboxylic acids is 1. The Kier molecular flexibility index (Phi) is 4.66. The molecule has 2 aliphatic rings. The van der Waals surface area contributed by atoms with Crippen LogP contribution in [0.3, 0.4) is 0 Å². The SMILES string of the molecule is CCCN(CC1CC1)C(=O)N1CCC[C@@H](C(=O)O)C1. The summed E-state index contributed by atoms with van der Waals surface area (Å²) in [6.45, 7) is 4.78.